The average Bonchev–Trinajstić information content (AvgIpc) is 2.41. The Balaban J connectivity index is 3.36. The molecule has 0 fully saturated rings. The summed E-state index contributed by atoms with van der Waals surface area (Å²) >= 11 is 0. The van der Waals surface area contributed by atoms with E-state index in [-0.39, 0.29) is 6.61 Å². The van der Waals surface area contributed by atoms with Crippen LogP contribution in [0.1, 0.15) is 38.3 Å². The maximum Gasteiger partial charge on any atom is 0.331 e. The predicted octanol–water partition coefficient (Wildman–Crippen LogP) is 2.98. The van der Waals surface area contributed by atoms with E-state index in [0.717, 1.165) is 17.5 Å². The number of rotatable bonds is 5. The van der Waals surface area contributed by atoms with Crippen LogP contribution >= 0.6 is 0 Å². The molecule has 0 aliphatic rings. The van der Waals surface area contributed by atoms with Gasteiger partial charge in [0.15, 0.2) is 5.41 Å². The Morgan fingerprint density at radius 3 is 2.50 bits per heavy atom. The molecule has 0 saturated carbocycles. The van der Waals surface area contributed by atoms with E-state index in [4.69, 9.17) is 4.74 Å². The molecular weight excluding hydrogens is 226 g/mol. The van der Waals surface area contributed by atoms with Gasteiger partial charge in [0, 0.05) is 0 Å². The van der Waals surface area contributed by atoms with Crippen molar-refractivity contribution in [1.29, 1.82) is 5.26 Å². The summed E-state index contributed by atoms with van der Waals surface area (Å²) in [4.78, 5) is 12.2. The van der Waals surface area contributed by atoms with Gasteiger partial charge in [0.05, 0.1) is 12.7 Å². The maximum atomic E-state index is 12.2. The second kappa shape index (κ2) is 6.20. The van der Waals surface area contributed by atoms with E-state index in [9.17, 15) is 10.1 Å². The summed E-state index contributed by atoms with van der Waals surface area (Å²) in [6.45, 7) is 5.90. The maximum absolute atomic E-state index is 12.2. The number of hydrogen-bond acceptors (Lipinski definition) is 3. The van der Waals surface area contributed by atoms with Crippen LogP contribution < -0.4 is 0 Å². The summed E-state index contributed by atoms with van der Waals surface area (Å²) in [6, 6.07) is 9.75. The Morgan fingerprint density at radius 1 is 1.33 bits per heavy atom. The number of esters is 1. The molecule has 1 atom stereocenters. The second-order valence-electron chi connectivity index (χ2n) is 4.10. The van der Waals surface area contributed by atoms with Gasteiger partial charge < -0.3 is 4.74 Å². The van der Waals surface area contributed by atoms with Crippen molar-refractivity contribution < 1.29 is 9.53 Å². The number of carbonyl (C=O) groups is 1. The lowest BCUT2D eigenvalue weighted by Gasteiger charge is -2.25. The molecule has 18 heavy (non-hydrogen) atoms. The van der Waals surface area contributed by atoms with Crippen molar-refractivity contribution in [3.63, 3.8) is 0 Å². The van der Waals surface area contributed by atoms with Gasteiger partial charge in [0.2, 0.25) is 0 Å². The quantitative estimate of drug-likeness (QED) is 0.749. The molecule has 0 bridgehead atoms. The number of ether oxygens (including phenoxy) is 1. The van der Waals surface area contributed by atoms with Crippen molar-refractivity contribution in [3.05, 3.63) is 35.4 Å². The summed E-state index contributed by atoms with van der Waals surface area (Å²) in [5.74, 6) is -0.448. The lowest BCUT2D eigenvalue weighted by molar-refractivity contribution is -0.148. The Kier molecular flexibility index (Phi) is 4.91. The van der Waals surface area contributed by atoms with Crippen LogP contribution in [0.5, 0.6) is 0 Å². The Hall–Kier alpha value is -1.82. The molecule has 0 amide bonds. The third-order valence-electron chi connectivity index (χ3n) is 3.20. The van der Waals surface area contributed by atoms with Crippen LogP contribution in [-0.2, 0) is 21.4 Å². The van der Waals surface area contributed by atoms with Gasteiger partial charge in [0.1, 0.15) is 0 Å². The fourth-order valence-electron chi connectivity index (χ4n) is 2.13. The van der Waals surface area contributed by atoms with Gasteiger partial charge in [-0.25, -0.2) is 4.79 Å². The van der Waals surface area contributed by atoms with Crippen molar-refractivity contribution in [2.45, 2.75) is 39.0 Å². The van der Waals surface area contributed by atoms with Crippen LogP contribution in [0.4, 0.5) is 0 Å². The van der Waals surface area contributed by atoms with Crippen molar-refractivity contribution in [1.82, 2.24) is 0 Å². The first-order chi connectivity index (χ1) is 8.66. The van der Waals surface area contributed by atoms with E-state index in [1.54, 1.807) is 6.92 Å². The van der Waals surface area contributed by atoms with Crippen LogP contribution in [0.3, 0.4) is 0 Å². The predicted molar refractivity (Wildman–Crippen MR) is 70.0 cm³/mol. The largest absolute Gasteiger partial charge is 0.465 e. The summed E-state index contributed by atoms with van der Waals surface area (Å²) in [5.41, 5.74) is 0.618. The van der Waals surface area contributed by atoms with Gasteiger partial charge in [0.25, 0.3) is 0 Å². The highest BCUT2D eigenvalue weighted by Crippen LogP contribution is 2.32. The van der Waals surface area contributed by atoms with Gasteiger partial charge in [-0.05, 0) is 30.9 Å². The van der Waals surface area contributed by atoms with E-state index in [0.29, 0.717) is 6.42 Å². The molecule has 0 radical (unpaired) electrons. The Bertz CT molecular complexity index is 462. The zero-order valence-electron chi connectivity index (χ0n) is 11.2. The molecule has 1 aromatic rings. The molecular formula is C15H19NO2. The molecule has 0 spiro atoms. The second-order valence-corrected chi connectivity index (χ2v) is 4.10. The van der Waals surface area contributed by atoms with Gasteiger partial charge >= 0.3 is 5.97 Å². The first kappa shape index (κ1) is 14.2. The van der Waals surface area contributed by atoms with E-state index < -0.39 is 11.4 Å². The van der Waals surface area contributed by atoms with Gasteiger partial charge in [-0.1, -0.05) is 38.1 Å². The van der Waals surface area contributed by atoms with Gasteiger partial charge in [-0.3, -0.25) is 0 Å². The zero-order chi connectivity index (χ0) is 13.6. The molecule has 0 heterocycles. The first-order valence-electron chi connectivity index (χ1n) is 6.33. The van der Waals surface area contributed by atoms with Crippen LogP contribution in [0, 0.1) is 11.3 Å². The number of aryl methyl sites for hydroxylation is 1. The van der Waals surface area contributed by atoms with Crippen LogP contribution in [0.15, 0.2) is 24.3 Å². The van der Waals surface area contributed by atoms with E-state index in [1.165, 1.54) is 0 Å². The molecule has 3 heteroatoms. The number of nitrogens with zero attached hydrogens (tertiary/aromatic N) is 1. The van der Waals surface area contributed by atoms with Gasteiger partial charge in [-0.15, -0.1) is 0 Å². The number of benzene rings is 1. The molecule has 96 valence electrons. The lowest BCUT2D eigenvalue weighted by Crippen LogP contribution is -2.36. The highest BCUT2D eigenvalue weighted by molar-refractivity contribution is 5.87. The Labute approximate surface area is 108 Å². The van der Waals surface area contributed by atoms with Crippen molar-refractivity contribution >= 4 is 5.97 Å². The Morgan fingerprint density at radius 2 is 2.00 bits per heavy atom. The monoisotopic (exact) mass is 245 g/mol. The smallest absolute Gasteiger partial charge is 0.331 e. The van der Waals surface area contributed by atoms with Gasteiger partial charge in [-0.2, -0.15) is 5.26 Å². The average molecular weight is 245 g/mol. The summed E-state index contributed by atoms with van der Waals surface area (Å²) in [7, 11) is 0. The van der Waals surface area contributed by atoms with E-state index >= 15 is 0 Å². The molecule has 3 nitrogen and oxygen atoms in total. The topological polar surface area (TPSA) is 50.1 Å². The molecule has 0 N–H and O–H groups in total. The van der Waals surface area contributed by atoms with E-state index in [2.05, 4.69) is 6.07 Å². The van der Waals surface area contributed by atoms with Crippen LogP contribution in [0.25, 0.3) is 0 Å². The third-order valence-corrected chi connectivity index (χ3v) is 3.20. The molecule has 1 unspecified atom stereocenters. The third kappa shape index (κ3) is 2.38. The minimum atomic E-state index is -1.18. The molecule has 0 aliphatic carbocycles. The van der Waals surface area contributed by atoms with E-state index in [1.807, 2.05) is 38.1 Å². The molecule has 0 aliphatic heterocycles. The van der Waals surface area contributed by atoms with Crippen molar-refractivity contribution in [2.24, 2.45) is 0 Å². The number of carbonyl (C=O) groups excluding carboxylic acids is 1. The van der Waals surface area contributed by atoms with Crippen LogP contribution in [0.2, 0.25) is 0 Å². The zero-order valence-corrected chi connectivity index (χ0v) is 11.2. The molecule has 0 aromatic heterocycles. The first-order valence-corrected chi connectivity index (χ1v) is 6.33. The summed E-state index contributed by atoms with van der Waals surface area (Å²) in [6.07, 6.45) is 1.21. The van der Waals surface area contributed by atoms with Crippen molar-refractivity contribution in [2.75, 3.05) is 6.61 Å². The number of nitriles is 1. The molecule has 1 rings (SSSR count). The summed E-state index contributed by atoms with van der Waals surface area (Å²) < 4.78 is 5.08. The van der Waals surface area contributed by atoms with Crippen LogP contribution in [-0.4, -0.2) is 12.6 Å². The SMILES string of the molecule is CCOC(=O)C(C#N)(CC)c1ccccc1CC. The normalized spacial score (nSPS) is 13.4. The number of hydrogen-bond donors (Lipinski definition) is 0. The standard InChI is InChI=1S/C15H19NO2/c1-4-12-9-7-8-10-13(12)15(5-2,11-16)14(17)18-6-3/h7-10H,4-6H2,1-3H3. The van der Waals surface area contributed by atoms with Crippen molar-refractivity contribution in [3.8, 4) is 6.07 Å². The fourth-order valence-corrected chi connectivity index (χ4v) is 2.13. The molecule has 1 aromatic carbocycles. The molecule has 0 saturated heterocycles. The minimum Gasteiger partial charge on any atom is -0.465 e. The minimum absolute atomic E-state index is 0.288. The highest BCUT2D eigenvalue weighted by Gasteiger charge is 2.41. The highest BCUT2D eigenvalue weighted by atomic mass is 16.5. The fraction of sp³-hybridized carbons (Fsp3) is 0.467. The lowest BCUT2D eigenvalue weighted by atomic mass is 9.76. The summed E-state index contributed by atoms with van der Waals surface area (Å²) in [5, 5.41) is 9.50.